The number of rotatable bonds is 22. The molecule has 3 amide bonds. The predicted molar refractivity (Wildman–Crippen MR) is 516 cm³/mol. The highest BCUT2D eigenvalue weighted by atomic mass is 35.5. The summed E-state index contributed by atoms with van der Waals surface area (Å²) >= 11 is 7.66. The minimum absolute atomic E-state index is 0. The Morgan fingerprint density at radius 2 is 0.985 bits per heavy atom. The topological polar surface area (TPSA) is 270 Å². The number of piperazine rings is 3. The van der Waals surface area contributed by atoms with E-state index in [2.05, 4.69) is 164 Å². The zero-order valence-electron chi connectivity index (χ0n) is 76.3. The summed E-state index contributed by atoms with van der Waals surface area (Å²) in [5.41, 5.74) is 7.74. The number of halogens is 8. The van der Waals surface area contributed by atoms with Crippen LogP contribution in [0.2, 0.25) is 5.02 Å². The number of aromatic nitrogens is 7. The molecule has 0 spiro atoms. The summed E-state index contributed by atoms with van der Waals surface area (Å²) in [5, 5.41) is 33.7. The summed E-state index contributed by atoms with van der Waals surface area (Å²) in [5.74, 6) is -0.899. The maximum atomic E-state index is 14.8. The summed E-state index contributed by atoms with van der Waals surface area (Å²) in [6.07, 6.45) is 6.66. The van der Waals surface area contributed by atoms with Gasteiger partial charge in [0.15, 0.2) is 16.8 Å². The Hall–Kier alpha value is -11.0. The summed E-state index contributed by atoms with van der Waals surface area (Å²) in [6.45, 7) is 20.7. The van der Waals surface area contributed by atoms with Gasteiger partial charge in [0.25, 0.3) is 11.8 Å². The van der Waals surface area contributed by atoms with Crippen LogP contribution in [-0.2, 0) is 59.5 Å². The maximum absolute atomic E-state index is 14.8. The van der Waals surface area contributed by atoms with E-state index in [1.807, 2.05) is 23.9 Å². The van der Waals surface area contributed by atoms with Gasteiger partial charge < -0.3 is 63.4 Å². The van der Waals surface area contributed by atoms with E-state index in [-0.39, 0.29) is 127 Å². The van der Waals surface area contributed by atoms with E-state index >= 15 is 0 Å². The lowest BCUT2D eigenvalue weighted by atomic mass is 9.99. The van der Waals surface area contributed by atoms with Gasteiger partial charge in [-0.3, -0.25) is 24.3 Å². The van der Waals surface area contributed by atoms with Crippen LogP contribution in [-0.4, -0.2) is 269 Å². The standard InChI is InChI=1S/C35H41F2N7O2.C33H38FN7OS.C28H31ClF4N8O2.2H2S/c1-24-7-4-8-25-9-5-10-30(32(24)25)42-16-13-28-29(21-42)39-34(46-22-27-19-35(2,37)23-41(27)3)40-33(28)43-17-18-44(26(20-43)12-15-38)31(45)11-6-14-36;1-22-7-4-8-24-9-5-11-29(30(22)24)39-16-13-27-28(20-39)36-33(43-21-26-10-6-15-38(26)3)37-31(27)40-17-18-41(32(42)23(2)34)25(19-40)12-14-35;1-17(30)26(42)41-11-10-40(14-18(41)5-7-34)25-20-6-9-39(23-13-35-12-21(29)24(23)28(31,32)33)15-22(20)36-27(37-25)43-16-19-4-3-8-38(19)2;;/h4-11,26-27H,12-14,16-23H2,1-3H3;4-5,7-9,11,25-26H,2,6,10,12-13,15-21H2,1,3H3;12-13,18-19H,1,3-6,8-11,14-16H2,2H3;2*1H2/b11-6+;;;;/t26-,27-,35?;25-,26-;18-,19-;;/m000../s1. The molecule has 0 radical (unpaired) electrons. The fourth-order valence-electron chi connectivity index (χ4n) is 20.0. The second-order valence-corrected chi connectivity index (χ2v) is 37.0. The molecule has 4 aromatic carbocycles. The predicted octanol–water partition coefficient (Wildman–Crippen LogP) is 14.1. The summed E-state index contributed by atoms with van der Waals surface area (Å²) in [4.78, 5) is 94.6. The number of thioether (sulfide) groups is 1. The fraction of sp³-hybridized carbons (Fsp3) is 0.490. The number of carbonyl (C=O) groups is 3. The van der Waals surface area contributed by atoms with Gasteiger partial charge in [0.1, 0.15) is 48.6 Å². The van der Waals surface area contributed by atoms with Crippen molar-refractivity contribution in [3.8, 4) is 30.2 Å². The summed E-state index contributed by atoms with van der Waals surface area (Å²) in [7, 11) is 6.10. The number of fused-ring (bicyclic) bond motifs is 5. The average Bonchev–Trinajstić information content (AvgIpc) is 1.00. The Balaban J connectivity index is 0.000000169. The summed E-state index contributed by atoms with van der Waals surface area (Å²) in [6, 6.07) is 31.6. The van der Waals surface area contributed by atoms with Crippen molar-refractivity contribution in [2.45, 2.75) is 164 Å². The van der Waals surface area contributed by atoms with Gasteiger partial charge >= 0.3 is 18.2 Å². The molecule has 8 aromatic rings. The van der Waals surface area contributed by atoms with Gasteiger partial charge in [-0.1, -0.05) is 97.2 Å². The minimum atomic E-state index is -4.69. The molecular formula is C96H114ClF7N22O5S3. The van der Waals surface area contributed by atoms with Crippen LogP contribution in [0.25, 0.3) is 21.5 Å². The molecule has 9 aliphatic heterocycles. The first kappa shape index (κ1) is 100. The Kier molecular flexibility index (Phi) is 33.2. The number of amides is 3. The number of pyridine rings is 1. The zero-order valence-corrected chi connectivity index (χ0v) is 79.8. The Morgan fingerprint density at radius 1 is 0.552 bits per heavy atom. The van der Waals surface area contributed by atoms with Crippen molar-refractivity contribution in [1.29, 1.82) is 15.8 Å². The van der Waals surface area contributed by atoms with Crippen LogP contribution < -0.4 is 38.9 Å². The normalized spacial score (nSPS) is 21.5. The highest BCUT2D eigenvalue weighted by Gasteiger charge is 2.44. The molecule has 1 unspecified atom stereocenters. The van der Waals surface area contributed by atoms with Gasteiger partial charge in [0.2, 0.25) is 5.91 Å². The highest BCUT2D eigenvalue weighted by Crippen LogP contribution is 2.45. The van der Waals surface area contributed by atoms with Gasteiger partial charge in [-0.2, -0.15) is 75.9 Å². The van der Waals surface area contributed by atoms with Crippen molar-refractivity contribution < 1.29 is 54.6 Å². The number of ether oxygens (including phenoxy) is 2. The third-order valence-electron chi connectivity index (χ3n) is 26.8. The van der Waals surface area contributed by atoms with Gasteiger partial charge in [0.05, 0.1) is 109 Å². The number of likely N-dealkylation sites (tertiary alicyclic amines) is 3. The second-order valence-electron chi connectivity index (χ2n) is 35.6. The van der Waals surface area contributed by atoms with Gasteiger partial charge in [0, 0.05) is 166 Å². The van der Waals surface area contributed by atoms with E-state index in [4.69, 9.17) is 46.0 Å². The van der Waals surface area contributed by atoms with E-state index in [0.29, 0.717) is 102 Å². The molecule has 17 rings (SSSR count). The van der Waals surface area contributed by atoms with Crippen molar-refractivity contribution >= 4 is 124 Å². The third kappa shape index (κ3) is 22.7. The Bertz CT molecular complexity index is 5800. The number of benzene rings is 4. The lowest BCUT2D eigenvalue weighted by Gasteiger charge is -2.42. The van der Waals surface area contributed by atoms with Gasteiger partial charge in [-0.05, 0) is 140 Å². The molecule has 4 aromatic heterocycles. The number of hydrogen-bond donors (Lipinski definition) is 0. The van der Waals surface area contributed by atoms with Crippen molar-refractivity contribution in [1.82, 2.24) is 64.3 Å². The molecule has 6 saturated heterocycles. The maximum Gasteiger partial charge on any atom is 0.419 e. The van der Waals surface area contributed by atoms with Crippen molar-refractivity contribution in [2.75, 3.05) is 174 Å². The highest BCUT2D eigenvalue weighted by molar-refractivity contribution is 7.99. The van der Waals surface area contributed by atoms with E-state index in [1.54, 1.807) is 23.6 Å². The number of likely N-dealkylation sites (N-methyl/N-ethyl adjacent to an activating group) is 2. The number of hydrogen-bond acceptors (Lipinski definition) is 25. The molecule has 27 nitrogen and oxygen atoms in total. The van der Waals surface area contributed by atoms with Crippen LogP contribution in [0.15, 0.2) is 127 Å². The number of anilines is 6. The first-order chi connectivity index (χ1) is 63.5. The molecule has 9 aliphatic rings. The fourth-order valence-corrected chi connectivity index (χ4v) is 21.4. The number of carbonyl (C=O) groups excluding carboxylic acids is 3. The van der Waals surface area contributed by atoms with E-state index in [0.717, 1.165) is 114 Å². The quantitative estimate of drug-likeness (QED) is 0.0264. The molecule has 0 bridgehead atoms. The van der Waals surface area contributed by atoms with Crippen molar-refractivity contribution in [3.63, 3.8) is 0 Å². The number of allylic oxidation sites excluding steroid dienone is 1. The van der Waals surface area contributed by atoms with E-state index < -0.39 is 64.7 Å². The van der Waals surface area contributed by atoms with Gasteiger partial charge in [-0.15, -0.1) is 0 Å². The van der Waals surface area contributed by atoms with Crippen LogP contribution in [0, 0.1) is 47.8 Å². The molecular weight excluding hydrogens is 1810 g/mol. The van der Waals surface area contributed by atoms with Crippen molar-refractivity contribution in [3.05, 3.63) is 178 Å². The molecule has 0 saturated carbocycles. The lowest BCUT2D eigenvalue weighted by molar-refractivity contribution is -0.137. The largest absolute Gasteiger partial charge is 0.462 e. The van der Waals surface area contributed by atoms with Crippen molar-refractivity contribution in [2.24, 2.45) is 0 Å². The summed E-state index contributed by atoms with van der Waals surface area (Å²) < 4.78 is 109. The number of nitriles is 3. The monoisotopic (exact) mass is 1920 g/mol. The molecule has 0 aliphatic carbocycles. The lowest BCUT2D eigenvalue weighted by Crippen LogP contribution is -2.55. The SMILES string of the molecule is C=C(F)C(=O)N1CCN(c2nc(OC[C@@H]3CCCN3C)nc3c2CCN(c2cncc(Cl)c2C(F)(F)F)C3)C[C@@H]1CC#N.C=C(F)C(=O)N1CCN(c2nc(SC[C@@H]3CCCN3C)nc3c2CCN(c2cccc4cccc(C)c24)C3)C[C@@H]1CC#N.Cc1cccc2cccc(N3CCc4c(nc(OC[C@@H]5CC(C)(F)CN5C)nc4N4CCN(C(=O)/C=C/CF)[C@@H](CC#N)C4)C3)c12.S.S. The van der Waals surface area contributed by atoms with E-state index in [9.17, 15) is 60.9 Å². The van der Waals surface area contributed by atoms with Crippen LogP contribution in [0.4, 0.5) is 65.2 Å². The molecule has 13 heterocycles. The molecule has 38 heteroatoms. The smallest absolute Gasteiger partial charge is 0.419 e. The number of aryl methyl sites for hydroxylation is 2. The van der Waals surface area contributed by atoms with Crippen LogP contribution in [0.1, 0.15) is 109 Å². The first-order valence-electron chi connectivity index (χ1n) is 45.0. The number of nitrogens with zero attached hydrogens (tertiary/aromatic N) is 22. The van der Waals surface area contributed by atoms with Crippen LogP contribution in [0.5, 0.6) is 12.0 Å². The first-order valence-corrected chi connectivity index (χ1v) is 46.3. The zero-order chi connectivity index (χ0) is 93.4. The average molecular weight is 1920 g/mol. The van der Waals surface area contributed by atoms with Crippen LogP contribution in [0.3, 0.4) is 0 Å². The molecule has 7 atom stereocenters. The molecule has 6 fully saturated rings. The van der Waals surface area contributed by atoms with E-state index in [1.165, 1.54) is 78.1 Å². The van der Waals surface area contributed by atoms with Crippen LogP contribution >= 0.6 is 50.4 Å². The second kappa shape index (κ2) is 44.2. The third-order valence-corrected chi connectivity index (χ3v) is 28.1. The Morgan fingerprint density at radius 3 is 1.42 bits per heavy atom. The Labute approximate surface area is 800 Å². The number of alkyl halides is 5. The molecule has 134 heavy (non-hydrogen) atoms. The minimum Gasteiger partial charge on any atom is -0.462 e. The molecule has 712 valence electrons. The van der Waals surface area contributed by atoms with Gasteiger partial charge in [-0.25, -0.2) is 27.5 Å². The molecule has 0 N–H and O–H groups in total.